The Hall–Kier alpha value is -4.06. The highest BCUT2D eigenvalue weighted by molar-refractivity contribution is 6.31. The monoisotopic (exact) mass is 546 g/mol. The van der Waals surface area contributed by atoms with Gasteiger partial charge < -0.3 is 19.8 Å². The lowest BCUT2D eigenvalue weighted by atomic mass is 10.1. The van der Waals surface area contributed by atoms with E-state index in [9.17, 15) is 4.79 Å². The zero-order chi connectivity index (χ0) is 26.8. The van der Waals surface area contributed by atoms with Crippen LogP contribution >= 0.6 is 11.6 Å². The van der Waals surface area contributed by atoms with Gasteiger partial charge in [0.2, 0.25) is 0 Å². The number of fused-ring (bicyclic) bond motifs is 2. The molecule has 11 nitrogen and oxygen atoms in total. The normalized spacial score (nSPS) is 15.0. The Kier molecular flexibility index (Phi) is 7.10. The number of carbonyl (C=O) groups excluding carboxylic acids is 1. The van der Waals surface area contributed by atoms with Gasteiger partial charge in [-0.05, 0) is 36.8 Å². The van der Waals surface area contributed by atoms with Crippen molar-refractivity contribution in [2.24, 2.45) is 0 Å². The third kappa shape index (κ3) is 5.42. The maximum Gasteiger partial charge on any atom is 0.413 e. The van der Waals surface area contributed by atoms with Crippen LogP contribution in [0, 0.1) is 0 Å². The van der Waals surface area contributed by atoms with Crippen molar-refractivity contribution < 1.29 is 14.3 Å². The number of nitrogens with one attached hydrogen (secondary N) is 2. The van der Waals surface area contributed by atoms with Gasteiger partial charge in [-0.25, -0.2) is 14.8 Å². The Bertz CT molecular complexity index is 1610. The van der Waals surface area contributed by atoms with Crippen molar-refractivity contribution in [1.82, 2.24) is 39.9 Å². The number of hydrogen-bond acceptors (Lipinski definition) is 8. The molecule has 4 aromatic heterocycles. The molecule has 2 N–H and O–H groups in total. The minimum Gasteiger partial charge on any atom is -0.406 e. The third-order valence-electron chi connectivity index (χ3n) is 6.76. The summed E-state index contributed by atoms with van der Waals surface area (Å²) >= 11 is 6.34. The first kappa shape index (κ1) is 25.2. The van der Waals surface area contributed by atoms with Crippen molar-refractivity contribution in [2.45, 2.75) is 19.5 Å². The van der Waals surface area contributed by atoms with Crippen molar-refractivity contribution in [3.63, 3.8) is 0 Å². The molecule has 5 heterocycles. The fourth-order valence-corrected chi connectivity index (χ4v) is 4.82. The highest BCUT2D eigenvalue weighted by Crippen LogP contribution is 2.31. The van der Waals surface area contributed by atoms with Crippen molar-refractivity contribution in [3.05, 3.63) is 65.7 Å². The van der Waals surface area contributed by atoms with Crippen LogP contribution in [0.4, 0.5) is 4.79 Å². The van der Waals surface area contributed by atoms with Crippen LogP contribution in [0.2, 0.25) is 5.02 Å². The Balaban J connectivity index is 1.27. The number of aromatic amines is 1. The largest absolute Gasteiger partial charge is 0.413 e. The lowest BCUT2D eigenvalue weighted by molar-refractivity contribution is 0.0361. The number of aromatic nitrogens is 6. The number of H-pyrrole nitrogens is 1. The summed E-state index contributed by atoms with van der Waals surface area (Å²) in [4.78, 5) is 31.4. The van der Waals surface area contributed by atoms with Gasteiger partial charge in [0.15, 0.2) is 16.9 Å². The van der Waals surface area contributed by atoms with Crippen molar-refractivity contribution in [2.75, 3.05) is 32.8 Å². The minimum atomic E-state index is -0.605. The molecule has 1 fully saturated rings. The van der Waals surface area contributed by atoms with Crippen LogP contribution in [0.15, 0.2) is 55.1 Å². The van der Waals surface area contributed by atoms with Crippen LogP contribution in [0.3, 0.4) is 0 Å². The lowest BCUT2D eigenvalue weighted by Gasteiger charge is -2.26. The maximum absolute atomic E-state index is 12.6. The quantitative estimate of drug-likeness (QED) is 0.311. The van der Waals surface area contributed by atoms with E-state index in [1.54, 1.807) is 24.8 Å². The minimum absolute atomic E-state index is 0.273. The molecule has 1 atom stereocenters. The highest BCUT2D eigenvalue weighted by atomic mass is 35.5. The van der Waals surface area contributed by atoms with Crippen molar-refractivity contribution >= 4 is 39.8 Å². The van der Waals surface area contributed by atoms with Crippen LogP contribution in [0.1, 0.15) is 18.5 Å². The van der Waals surface area contributed by atoms with Gasteiger partial charge in [0.25, 0.3) is 0 Å². The fraction of sp³-hybridized carbons (Fsp3) is 0.296. The van der Waals surface area contributed by atoms with Gasteiger partial charge in [-0.3, -0.25) is 14.6 Å². The first-order valence-corrected chi connectivity index (χ1v) is 13.1. The Morgan fingerprint density at radius 3 is 2.92 bits per heavy atom. The second-order valence-corrected chi connectivity index (χ2v) is 9.77. The van der Waals surface area contributed by atoms with Gasteiger partial charge in [0, 0.05) is 48.6 Å². The first-order valence-electron chi connectivity index (χ1n) is 12.7. The molecule has 1 aliphatic rings. The Morgan fingerprint density at radius 2 is 2.10 bits per heavy atom. The van der Waals surface area contributed by atoms with Crippen LogP contribution in [0.5, 0.6) is 5.75 Å². The van der Waals surface area contributed by atoms with E-state index in [-0.39, 0.29) is 11.8 Å². The molecule has 1 saturated heterocycles. The predicted octanol–water partition coefficient (Wildman–Crippen LogP) is 4.20. The standard InChI is InChI=1S/C27H27ClN8O3/c1-17(18-3-2-6-29-14-18)32-27(37)39-23-16-31-26-25(23)33-21(15-30-26)24-20-5-4-19(28)13-22(20)36(34-24)8-7-35-9-11-38-12-10-35/h2-6,13-17H,7-12H2,1H3,(H,30,31)(H,32,37). The molecule has 0 bridgehead atoms. The van der Waals surface area contributed by atoms with Gasteiger partial charge in [0.1, 0.15) is 11.4 Å². The summed E-state index contributed by atoms with van der Waals surface area (Å²) in [7, 11) is 0. The zero-order valence-corrected chi connectivity index (χ0v) is 22.1. The lowest BCUT2D eigenvalue weighted by Crippen LogP contribution is -2.38. The van der Waals surface area contributed by atoms with Gasteiger partial charge in [-0.1, -0.05) is 17.7 Å². The van der Waals surface area contributed by atoms with E-state index in [2.05, 4.69) is 25.2 Å². The van der Waals surface area contributed by atoms with Crippen molar-refractivity contribution in [1.29, 1.82) is 0 Å². The zero-order valence-electron chi connectivity index (χ0n) is 21.3. The molecule has 6 rings (SSSR count). The second kappa shape index (κ2) is 11.0. The predicted molar refractivity (Wildman–Crippen MR) is 147 cm³/mol. The summed E-state index contributed by atoms with van der Waals surface area (Å²) in [5.41, 5.74) is 3.96. The van der Waals surface area contributed by atoms with E-state index < -0.39 is 6.09 Å². The van der Waals surface area contributed by atoms with Gasteiger partial charge in [-0.2, -0.15) is 5.10 Å². The SMILES string of the molecule is CC(NC(=O)Oc1c[nH]c2ncc(-c3nn(CCN4CCOCC4)c4cc(Cl)ccc34)nc12)c1cccnc1. The van der Waals surface area contributed by atoms with E-state index in [4.69, 9.17) is 31.2 Å². The smallest absolute Gasteiger partial charge is 0.406 e. The van der Waals surface area contributed by atoms with Gasteiger partial charge >= 0.3 is 6.09 Å². The molecule has 12 heteroatoms. The number of pyridine rings is 1. The molecule has 0 saturated carbocycles. The van der Waals surface area contributed by atoms with E-state index in [0.29, 0.717) is 34.1 Å². The third-order valence-corrected chi connectivity index (χ3v) is 6.99. The molecule has 1 amide bonds. The molecular weight excluding hydrogens is 520 g/mol. The number of morpholine rings is 1. The van der Waals surface area contributed by atoms with Crippen LogP contribution < -0.4 is 10.1 Å². The maximum atomic E-state index is 12.6. The Morgan fingerprint density at radius 1 is 1.23 bits per heavy atom. The molecule has 1 aliphatic heterocycles. The van der Waals surface area contributed by atoms with E-state index in [0.717, 1.165) is 49.3 Å². The average molecular weight is 547 g/mol. The van der Waals surface area contributed by atoms with Crippen molar-refractivity contribution in [3.8, 4) is 17.1 Å². The molecule has 1 aromatic carbocycles. The van der Waals surface area contributed by atoms with E-state index in [1.165, 1.54) is 0 Å². The van der Waals surface area contributed by atoms with E-state index >= 15 is 0 Å². The molecule has 5 aromatic rings. The molecule has 0 aliphatic carbocycles. The second-order valence-electron chi connectivity index (χ2n) is 9.33. The number of nitrogens with zero attached hydrogens (tertiary/aromatic N) is 6. The molecule has 1 unspecified atom stereocenters. The van der Waals surface area contributed by atoms with Gasteiger partial charge in [0.05, 0.1) is 37.5 Å². The number of rotatable bonds is 7. The number of halogens is 1. The van der Waals surface area contributed by atoms with Crippen LogP contribution in [-0.4, -0.2) is 73.6 Å². The number of hydrogen-bond donors (Lipinski definition) is 2. The Labute approximate surface area is 229 Å². The average Bonchev–Trinajstić information content (AvgIpc) is 3.53. The molecule has 39 heavy (non-hydrogen) atoms. The fourth-order valence-electron chi connectivity index (χ4n) is 4.65. The number of ether oxygens (including phenoxy) is 2. The van der Waals surface area contributed by atoms with Crippen LogP contribution in [0.25, 0.3) is 33.5 Å². The highest BCUT2D eigenvalue weighted by Gasteiger charge is 2.20. The molecule has 200 valence electrons. The topological polar surface area (TPSA) is 123 Å². The molecule has 0 radical (unpaired) electrons. The number of amides is 1. The summed E-state index contributed by atoms with van der Waals surface area (Å²) in [6.07, 6.45) is 6.01. The summed E-state index contributed by atoms with van der Waals surface area (Å²) in [5.74, 6) is 0.273. The molecule has 0 spiro atoms. The van der Waals surface area contributed by atoms with Gasteiger partial charge in [-0.15, -0.1) is 0 Å². The number of benzene rings is 1. The molecular formula is C27H27ClN8O3. The first-order chi connectivity index (χ1) is 19.0. The summed E-state index contributed by atoms with van der Waals surface area (Å²) in [5, 5.41) is 9.27. The summed E-state index contributed by atoms with van der Waals surface area (Å²) < 4.78 is 13.0. The van der Waals surface area contributed by atoms with E-state index in [1.807, 2.05) is 41.9 Å². The number of carbonyl (C=O) groups is 1. The summed E-state index contributed by atoms with van der Waals surface area (Å²) in [6.45, 7) is 6.69. The summed E-state index contributed by atoms with van der Waals surface area (Å²) in [6, 6.07) is 9.12. The van der Waals surface area contributed by atoms with Crippen LogP contribution in [-0.2, 0) is 11.3 Å².